The molecule has 1 aromatic rings. The molecule has 100 valence electrons. The van der Waals surface area contributed by atoms with Crippen LogP contribution in [0.15, 0.2) is 18.2 Å². The zero-order chi connectivity index (χ0) is 13.7. The second-order valence-electron chi connectivity index (χ2n) is 5.34. The summed E-state index contributed by atoms with van der Waals surface area (Å²) in [6, 6.07) is 5.14. The van der Waals surface area contributed by atoms with Gasteiger partial charge in [0.1, 0.15) is 10.8 Å². The van der Waals surface area contributed by atoms with Crippen LogP contribution >= 0.6 is 11.6 Å². The highest BCUT2D eigenvalue weighted by Crippen LogP contribution is 2.11. The topological polar surface area (TPSA) is 33.2 Å². The van der Waals surface area contributed by atoms with Crippen molar-refractivity contribution in [1.82, 2.24) is 9.88 Å². The van der Waals surface area contributed by atoms with Crippen LogP contribution < -0.4 is 0 Å². The van der Waals surface area contributed by atoms with Gasteiger partial charge >= 0.3 is 0 Å². The zero-order valence-electron chi connectivity index (χ0n) is 11.5. The number of amides is 1. The van der Waals surface area contributed by atoms with Crippen molar-refractivity contribution in [2.45, 2.75) is 27.7 Å². The third-order valence-corrected chi connectivity index (χ3v) is 2.60. The van der Waals surface area contributed by atoms with Gasteiger partial charge in [-0.05, 0) is 24.0 Å². The van der Waals surface area contributed by atoms with Gasteiger partial charge in [0.05, 0.1) is 0 Å². The first kappa shape index (κ1) is 15.0. The van der Waals surface area contributed by atoms with Crippen molar-refractivity contribution in [3.8, 4) is 0 Å². The van der Waals surface area contributed by atoms with Gasteiger partial charge in [0.2, 0.25) is 0 Å². The second kappa shape index (κ2) is 6.74. The van der Waals surface area contributed by atoms with Crippen molar-refractivity contribution in [2.24, 2.45) is 11.8 Å². The third-order valence-electron chi connectivity index (χ3n) is 2.39. The Balaban J connectivity index is 2.87. The maximum Gasteiger partial charge on any atom is 0.272 e. The molecule has 1 rings (SSSR count). The highest BCUT2D eigenvalue weighted by Gasteiger charge is 2.19. The molecular formula is C14H21ClN2O. The van der Waals surface area contributed by atoms with E-state index in [1.807, 2.05) is 4.90 Å². The number of pyridine rings is 1. The molecule has 1 amide bonds. The Bertz CT molecular complexity index is 395. The lowest BCUT2D eigenvalue weighted by atomic mass is 10.1. The summed E-state index contributed by atoms with van der Waals surface area (Å²) in [6.07, 6.45) is 0. The highest BCUT2D eigenvalue weighted by atomic mass is 35.5. The van der Waals surface area contributed by atoms with Crippen LogP contribution in [0.3, 0.4) is 0 Å². The molecule has 0 fully saturated rings. The minimum atomic E-state index is -0.0418. The molecule has 1 heterocycles. The second-order valence-corrected chi connectivity index (χ2v) is 5.73. The molecule has 0 aliphatic heterocycles. The lowest BCUT2D eigenvalue weighted by molar-refractivity contribution is 0.0709. The van der Waals surface area contributed by atoms with Crippen LogP contribution in [-0.2, 0) is 0 Å². The summed E-state index contributed by atoms with van der Waals surface area (Å²) in [7, 11) is 0. The molecule has 0 aliphatic rings. The molecule has 0 N–H and O–H groups in total. The molecule has 1 aromatic heterocycles. The molecule has 0 saturated heterocycles. The van der Waals surface area contributed by atoms with Crippen LogP contribution in [0.2, 0.25) is 5.15 Å². The number of aromatic nitrogens is 1. The molecule has 4 heteroatoms. The van der Waals surface area contributed by atoms with Gasteiger partial charge in [-0.3, -0.25) is 4.79 Å². The number of hydrogen-bond donors (Lipinski definition) is 0. The van der Waals surface area contributed by atoms with Crippen LogP contribution in [0.25, 0.3) is 0 Å². The minimum Gasteiger partial charge on any atom is -0.337 e. The van der Waals surface area contributed by atoms with E-state index >= 15 is 0 Å². The van der Waals surface area contributed by atoms with E-state index in [1.54, 1.807) is 18.2 Å². The SMILES string of the molecule is CC(C)CN(CC(C)C)C(=O)c1cccc(Cl)n1. The predicted molar refractivity (Wildman–Crippen MR) is 74.8 cm³/mol. The Morgan fingerprint density at radius 3 is 2.22 bits per heavy atom. The molecular weight excluding hydrogens is 248 g/mol. The number of rotatable bonds is 5. The van der Waals surface area contributed by atoms with Gasteiger partial charge < -0.3 is 4.90 Å². The van der Waals surface area contributed by atoms with Crippen LogP contribution in [0.5, 0.6) is 0 Å². The Kier molecular flexibility index (Phi) is 5.60. The maximum atomic E-state index is 12.4. The quantitative estimate of drug-likeness (QED) is 0.766. The molecule has 0 aliphatic carbocycles. The summed E-state index contributed by atoms with van der Waals surface area (Å²) >= 11 is 5.82. The van der Waals surface area contributed by atoms with E-state index in [0.29, 0.717) is 22.7 Å². The Morgan fingerprint density at radius 1 is 1.22 bits per heavy atom. The van der Waals surface area contributed by atoms with Crippen molar-refractivity contribution in [3.05, 3.63) is 29.0 Å². The Labute approximate surface area is 114 Å². The van der Waals surface area contributed by atoms with Gasteiger partial charge in [-0.1, -0.05) is 45.4 Å². The number of halogens is 1. The first-order valence-electron chi connectivity index (χ1n) is 6.32. The molecule has 0 bridgehead atoms. The summed E-state index contributed by atoms with van der Waals surface area (Å²) in [6.45, 7) is 9.90. The van der Waals surface area contributed by atoms with Gasteiger partial charge in [0.25, 0.3) is 5.91 Å². The summed E-state index contributed by atoms with van der Waals surface area (Å²) in [5.41, 5.74) is 0.420. The van der Waals surface area contributed by atoms with E-state index < -0.39 is 0 Å². The van der Waals surface area contributed by atoms with Crippen molar-refractivity contribution >= 4 is 17.5 Å². The van der Waals surface area contributed by atoms with Crippen molar-refractivity contribution in [1.29, 1.82) is 0 Å². The fraction of sp³-hybridized carbons (Fsp3) is 0.571. The normalized spacial score (nSPS) is 11.1. The first-order valence-corrected chi connectivity index (χ1v) is 6.69. The number of nitrogens with zero attached hydrogens (tertiary/aromatic N) is 2. The maximum absolute atomic E-state index is 12.4. The summed E-state index contributed by atoms with van der Waals surface area (Å²) in [4.78, 5) is 18.3. The average molecular weight is 269 g/mol. The van der Waals surface area contributed by atoms with E-state index in [2.05, 4.69) is 32.7 Å². The first-order chi connectivity index (χ1) is 8.40. The summed E-state index contributed by atoms with van der Waals surface area (Å²) in [5.74, 6) is 0.832. The molecule has 0 spiro atoms. The average Bonchev–Trinajstić information content (AvgIpc) is 2.26. The van der Waals surface area contributed by atoms with E-state index in [1.165, 1.54) is 0 Å². The van der Waals surface area contributed by atoms with Crippen LogP contribution in [0, 0.1) is 11.8 Å². The van der Waals surface area contributed by atoms with E-state index in [0.717, 1.165) is 13.1 Å². The van der Waals surface area contributed by atoms with Gasteiger partial charge in [-0.15, -0.1) is 0 Å². The van der Waals surface area contributed by atoms with E-state index in [-0.39, 0.29) is 5.91 Å². The highest BCUT2D eigenvalue weighted by molar-refractivity contribution is 6.29. The standard InChI is InChI=1S/C14H21ClN2O/c1-10(2)8-17(9-11(3)4)14(18)12-6-5-7-13(15)16-12/h5-7,10-11H,8-9H2,1-4H3. The van der Waals surface area contributed by atoms with E-state index in [9.17, 15) is 4.79 Å². The van der Waals surface area contributed by atoms with Crippen molar-refractivity contribution < 1.29 is 4.79 Å². The molecule has 0 unspecified atom stereocenters. The molecule has 0 saturated carbocycles. The molecule has 3 nitrogen and oxygen atoms in total. The number of carbonyl (C=O) groups excluding carboxylic acids is 1. The minimum absolute atomic E-state index is 0.0418. The molecule has 18 heavy (non-hydrogen) atoms. The third kappa shape index (κ3) is 4.65. The van der Waals surface area contributed by atoms with Gasteiger partial charge in [0, 0.05) is 13.1 Å². The fourth-order valence-corrected chi connectivity index (χ4v) is 1.98. The van der Waals surface area contributed by atoms with Crippen LogP contribution in [0.1, 0.15) is 38.2 Å². The number of carbonyl (C=O) groups is 1. The molecule has 0 radical (unpaired) electrons. The van der Waals surface area contributed by atoms with Crippen LogP contribution in [0.4, 0.5) is 0 Å². The Hall–Kier alpha value is -1.09. The lowest BCUT2D eigenvalue weighted by Crippen LogP contribution is -2.37. The lowest BCUT2D eigenvalue weighted by Gasteiger charge is -2.26. The van der Waals surface area contributed by atoms with Gasteiger partial charge in [-0.25, -0.2) is 4.98 Å². The van der Waals surface area contributed by atoms with Gasteiger partial charge in [0.15, 0.2) is 0 Å². The van der Waals surface area contributed by atoms with Crippen LogP contribution in [-0.4, -0.2) is 28.9 Å². The van der Waals surface area contributed by atoms with Crippen molar-refractivity contribution in [3.63, 3.8) is 0 Å². The summed E-state index contributed by atoms with van der Waals surface area (Å²) in [5, 5.41) is 0.356. The van der Waals surface area contributed by atoms with Gasteiger partial charge in [-0.2, -0.15) is 0 Å². The monoisotopic (exact) mass is 268 g/mol. The van der Waals surface area contributed by atoms with Crippen molar-refractivity contribution in [2.75, 3.05) is 13.1 Å². The summed E-state index contributed by atoms with van der Waals surface area (Å²) < 4.78 is 0. The molecule has 0 atom stereocenters. The Morgan fingerprint density at radius 2 is 1.78 bits per heavy atom. The fourth-order valence-electron chi connectivity index (χ4n) is 1.81. The number of hydrogen-bond acceptors (Lipinski definition) is 2. The largest absolute Gasteiger partial charge is 0.337 e. The molecule has 0 aromatic carbocycles. The predicted octanol–water partition coefficient (Wildman–Crippen LogP) is 3.49. The van der Waals surface area contributed by atoms with E-state index in [4.69, 9.17) is 11.6 Å². The zero-order valence-corrected chi connectivity index (χ0v) is 12.2. The smallest absolute Gasteiger partial charge is 0.272 e.